The van der Waals surface area contributed by atoms with E-state index in [-0.39, 0.29) is 28.8 Å². The first-order valence-electron chi connectivity index (χ1n) is 9.74. The summed E-state index contributed by atoms with van der Waals surface area (Å²) in [4.78, 5) is 12.6. The maximum absolute atomic E-state index is 13.4. The van der Waals surface area contributed by atoms with Gasteiger partial charge in [-0.2, -0.15) is 26.7 Å². The van der Waals surface area contributed by atoms with Crippen LogP contribution >= 0.6 is 0 Å². The number of anilines is 1. The van der Waals surface area contributed by atoms with E-state index < -0.39 is 54.6 Å². The number of fused-ring (bicyclic) bond motifs is 1. The molecule has 3 rings (SSSR count). The first kappa shape index (κ1) is 26.2. The van der Waals surface area contributed by atoms with E-state index in [2.05, 4.69) is 14.6 Å². The third kappa shape index (κ3) is 5.48. The zero-order valence-electron chi connectivity index (χ0n) is 18.1. The zero-order valence-corrected chi connectivity index (χ0v) is 19.7. The Balaban J connectivity index is 2.32. The fourth-order valence-corrected chi connectivity index (χ4v) is 4.63. The molecule has 0 unspecified atom stereocenters. The van der Waals surface area contributed by atoms with E-state index in [0.29, 0.717) is 0 Å². The lowest BCUT2D eigenvalue weighted by molar-refractivity contribution is -0.0499. The molecule has 2 heterocycles. The number of pyridine rings is 1. The molecule has 0 fully saturated rings. The van der Waals surface area contributed by atoms with Gasteiger partial charge in [-0.05, 0) is 30.7 Å². The van der Waals surface area contributed by atoms with Crippen molar-refractivity contribution in [3.05, 3.63) is 47.9 Å². The van der Waals surface area contributed by atoms with Gasteiger partial charge in [-0.15, -0.1) is 0 Å². The number of hydrogen-bond donors (Lipinski definition) is 2. The molecule has 0 saturated carbocycles. The lowest BCUT2D eigenvalue weighted by Crippen LogP contribution is -2.28. The number of rotatable bonds is 8. The summed E-state index contributed by atoms with van der Waals surface area (Å²) >= 11 is 0. The molecule has 0 aliphatic heterocycles. The van der Waals surface area contributed by atoms with Crippen LogP contribution in [-0.2, 0) is 20.1 Å². The van der Waals surface area contributed by atoms with Gasteiger partial charge in [-0.3, -0.25) is 9.52 Å². The van der Waals surface area contributed by atoms with Crippen molar-refractivity contribution < 1.29 is 43.4 Å². The molecule has 1 amide bonds. The average Bonchev–Trinajstić information content (AvgIpc) is 3.10. The van der Waals surface area contributed by atoms with Gasteiger partial charge in [0.25, 0.3) is 5.91 Å². The van der Waals surface area contributed by atoms with Crippen LogP contribution in [0.15, 0.2) is 36.5 Å². The SMILES string of the molecule is CCCS(=O)(=O)Nc1cn2nc(-c3ccc(F)cc3)c(C(=O)NC)c2cc1OS(=O)(=O)C(F)(F)F. The zero-order chi connectivity index (χ0) is 26.2. The minimum Gasteiger partial charge on any atom is -0.374 e. The van der Waals surface area contributed by atoms with E-state index in [1.807, 2.05) is 4.72 Å². The summed E-state index contributed by atoms with van der Waals surface area (Å²) in [5.41, 5.74) is -6.71. The van der Waals surface area contributed by atoms with Crippen LogP contribution in [-0.4, -0.2) is 50.7 Å². The van der Waals surface area contributed by atoms with Gasteiger partial charge in [0.05, 0.1) is 23.0 Å². The van der Waals surface area contributed by atoms with E-state index >= 15 is 0 Å². The van der Waals surface area contributed by atoms with Crippen LogP contribution in [0, 0.1) is 5.82 Å². The number of halogens is 4. The smallest absolute Gasteiger partial charge is 0.374 e. The Morgan fingerprint density at radius 2 is 1.77 bits per heavy atom. The molecule has 3 aromatic rings. The summed E-state index contributed by atoms with van der Waals surface area (Å²) in [5, 5.41) is 6.50. The van der Waals surface area contributed by atoms with Crippen molar-refractivity contribution in [3.8, 4) is 17.0 Å². The molecule has 0 atom stereocenters. The summed E-state index contributed by atoms with van der Waals surface area (Å²) in [6.07, 6.45) is 1.01. The molecule has 0 bridgehead atoms. The average molecular weight is 539 g/mol. The molecule has 2 N–H and O–H groups in total. The first-order valence-corrected chi connectivity index (χ1v) is 12.8. The minimum atomic E-state index is -6.21. The Labute approximate surface area is 197 Å². The molecule has 16 heteroatoms. The summed E-state index contributed by atoms with van der Waals surface area (Å²) < 4.78 is 107. The van der Waals surface area contributed by atoms with Gasteiger partial charge in [-0.25, -0.2) is 17.3 Å². The van der Waals surface area contributed by atoms with Crippen molar-refractivity contribution in [2.24, 2.45) is 0 Å². The summed E-state index contributed by atoms with van der Waals surface area (Å²) in [5.74, 6) is -2.81. The van der Waals surface area contributed by atoms with Gasteiger partial charge < -0.3 is 9.50 Å². The molecular weight excluding hydrogens is 520 g/mol. The van der Waals surface area contributed by atoms with Crippen LogP contribution in [0.5, 0.6) is 5.75 Å². The molecule has 190 valence electrons. The number of alkyl halides is 3. The molecule has 1 aromatic carbocycles. The van der Waals surface area contributed by atoms with Crippen molar-refractivity contribution in [2.45, 2.75) is 18.9 Å². The standard InChI is InChI=1S/C19H18F4N4O6S2/c1-3-8-34(29,30)26-13-10-27-14(9-15(13)33-35(31,32)19(21,22)23)16(18(28)24-2)17(25-27)11-4-6-12(20)7-5-11/h4-7,9-10,26H,3,8H2,1-2H3,(H,24,28). The highest BCUT2D eigenvalue weighted by Gasteiger charge is 2.49. The number of carbonyl (C=O) groups is 1. The van der Waals surface area contributed by atoms with Gasteiger partial charge in [0.15, 0.2) is 5.75 Å². The van der Waals surface area contributed by atoms with Crippen LogP contribution < -0.4 is 14.2 Å². The molecular formula is C19H18F4N4O6S2. The van der Waals surface area contributed by atoms with Crippen molar-refractivity contribution in [1.29, 1.82) is 0 Å². The summed E-state index contributed by atoms with van der Waals surface area (Å²) in [7, 11) is -9.06. The topological polar surface area (TPSA) is 136 Å². The van der Waals surface area contributed by atoms with Gasteiger partial charge in [0.1, 0.15) is 17.2 Å². The van der Waals surface area contributed by atoms with E-state index in [0.717, 1.165) is 28.9 Å². The number of aromatic nitrogens is 2. The molecule has 35 heavy (non-hydrogen) atoms. The van der Waals surface area contributed by atoms with Crippen molar-refractivity contribution in [1.82, 2.24) is 14.9 Å². The van der Waals surface area contributed by atoms with Crippen LogP contribution in [0.1, 0.15) is 23.7 Å². The molecule has 0 spiro atoms. The maximum atomic E-state index is 13.4. The number of amides is 1. The monoisotopic (exact) mass is 538 g/mol. The molecule has 10 nitrogen and oxygen atoms in total. The largest absolute Gasteiger partial charge is 0.534 e. The third-order valence-corrected chi connectivity index (χ3v) is 6.97. The molecule has 0 saturated heterocycles. The fourth-order valence-electron chi connectivity index (χ4n) is 3.03. The van der Waals surface area contributed by atoms with E-state index in [9.17, 15) is 39.2 Å². The molecule has 0 aliphatic rings. The van der Waals surface area contributed by atoms with Crippen LogP contribution in [0.2, 0.25) is 0 Å². The van der Waals surface area contributed by atoms with Crippen LogP contribution in [0.3, 0.4) is 0 Å². The quantitative estimate of drug-likeness (QED) is 0.256. The second-order valence-electron chi connectivity index (χ2n) is 7.09. The normalized spacial score (nSPS) is 12.5. The van der Waals surface area contributed by atoms with E-state index in [1.165, 1.54) is 26.1 Å². The van der Waals surface area contributed by atoms with Crippen LogP contribution in [0.4, 0.5) is 23.2 Å². The Hall–Kier alpha value is -3.40. The molecule has 2 aromatic heterocycles. The van der Waals surface area contributed by atoms with E-state index in [1.54, 1.807) is 0 Å². The highest BCUT2D eigenvalue weighted by atomic mass is 32.2. The van der Waals surface area contributed by atoms with Gasteiger partial charge in [0.2, 0.25) is 10.0 Å². The van der Waals surface area contributed by atoms with Crippen molar-refractivity contribution in [3.63, 3.8) is 0 Å². The summed E-state index contributed by atoms with van der Waals surface area (Å²) in [6.45, 7) is 1.53. The Bertz CT molecular complexity index is 1480. The lowest BCUT2D eigenvalue weighted by atomic mass is 10.1. The third-order valence-electron chi connectivity index (χ3n) is 4.53. The molecule has 0 radical (unpaired) electrons. The minimum absolute atomic E-state index is 0.0393. The van der Waals surface area contributed by atoms with E-state index in [4.69, 9.17) is 0 Å². The highest BCUT2D eigenvalue weighted by Crippen LogP contribution is 2.36. The lowest BCUT2D eigenvalue weighted by Gasteiger charge is -2.15. The molecule has 0 aliphatic carbocycles. The number of hydrogen-bond acceptors (Lipinski definition) is 7. The van der Waals surface area contributed by atoms with Crippen molar-refractivity contribution in [2.75, 3.05) is 17.5 Å². The summed E-state index contributed by atoms with van der Waals surface area (Å²) in [6, 6.07) is 5.49. The van der Waals surface area contributed by atoms with Crippen LogP contribution in [0.25, 0.3) is 16.8 Å². The number of sulfonamides is 1. The maximum Gasteiger partial charge on any atom is 0.534 e. The first-order chi connectivity index (χ1) is 16.2. The number of benzene rings is 1. The fraction of sp³-hybridized carbons (Fsp3) is 0.263. The van der Waals surface area contributed by atoms with Gasteiger partial charge in [0, 0.05) is 18.7 Å². The number of carbonyl (C=O) groups excluding carboxylic acids is 1. The predicted molar refractivity (Wildman–Crippen MR) is 117 cm³/mol. The van der Waals surface area contributed by atoms with Crippen molar-refractivity contribution >= 4 is 37.3 Å². The second kappa shape index (κ2) is 9.33. The second-order valence-corrected chi connectivity index (χ2v) is 10.5. The Kier molecular flexibility index (Phi) is 6.99. The predicted octanol–water partition coefficient (Wildman–Crippen LogP) is 2.88. The van der Waals surface area contributed by atoms with Gasteiger partial charge >= 0.3 is 15.6 Å². The Morgan fingerprint density at radius 3 is 2.31 bits per heavy atom. The Morgan fingerprint density at radius 1 is 1.14 bits per heavy atom. The van der Waals surface area contributed by atoms with Gasteiger partial charge in [-0.1, -0.05) is 6.92 Å². The highest BCUT2D eigenvalue weighted by molar-refractivity contribution is 7.92. The number of nitrogens with one attached hydrogen (secondary N) is 2. The number of nitrogens with zero attached hydrogens (tertiary/aromatic N) is 2.